The number of carbonyl (C=O) groups is 2. The number of nitrogens with zero attached hydrogens (tertiary/aromatic N) is 1. The molecule has 0 aliphatic heterocycles. The van der Waals surface area contributed by atoms with Crippen molar-refractivity contribution in [3.05, 3.63) is 57.6 Å². The second-order valence-electron chi connectivity index (χ2n) is 3.94. The zero-order valence-corrected chi connectivity index (χ0v) is 10.3. The van der Waals surface area contributed by atoms with Gasteiger partial charge in [0.15, 0.2) is 5.76 Å². The molecule has 0 radical (unpaired) electrons. The maximum absolute atomic E-state index is 13.3. The molecule has 1 aromatic carbocycles. The van der Waals surface area contributed by atoms with Crippen LogP contribution in [0.25, 0.3) is 0 Å². The number of primary amides is 1. The van der Waals surface area contributed by atoms with Crippen LogP contribution in [0.3, 0.4) is 0 Å². The van der Waals surface area contributed by atoms with Crippen molar-refractivity contribution in [1.29, 1.82) is 0 Å². The minimum absolute atomic E-state index is 0.0344. The summed E-state index contributed by atoms with van der Waals surface area (Å²) in [7, 11) is 0. The molecule has 1 heterocycles. The molecule has 21 heavy (non-hydrogen) atoms. The highest BCUT2D eigenvalue weighted by molar-refractivity contribution is 6.03. The summed E-state index contributed by atoms with van der Waals surface area (Å²) < 4.78 is 18.0. The minimum Gasteiger partial charge on any atom is -0.395 e. The molecule has 0 atom stereocenters. The number of hydrogen-bond acceptors (Lipinski definition) is 5. The van der Waals surface area contributed by atoms with Crippen LogP contribution in [0.2, 0.25) is 0 Å². The van der Waals surface area contributed by atoms with E-state index in [1.807, 2.05) is 0 Å². The van der Waals surface area contributed by atoms with Gasteiger partial charge in [0.05, 0.1) is 6.07 Å². The average molecular weight is 293 g/mol. The molecule has 0 saturated heterocycles. The van der Waals surface area contributed by atoms with Crippen LogP contribution in [0.1, 0.15) is 20.9 Å². The molecular weight excluding hydrogens is 285 g/mol. The van der Waals surface area contributed by atoms with Crippen molar-refractivity contribution in [2.75, 3.05) is 5.32 Å². The van der Waals surface area contributed by atoms with E-state index in [4.69, 9.17) is 10.2 Å². The van der Waals surface area contributed by atoms with Crippen LogP contribution < -0.4 is 11.1 Å². The first-order valence-corrected chi connectivity index (χ1v) is 5.53. The number of rotatable bonds is 4. The Bertz CT molecular complexity index is 740. The fourth-order valence-corrected chi connectivity index (χ4v) is 1.54. The van der Waals surface area contributed by atoms with Gasteiger partial charge in [-0.05, 0) is 24.3 Å². The molecule has 2 amide bonds. The van der Waals surface area contributed by atoms with E-state index in [1.54, 1.807) is 0 Å². The predicted molar refractivity (Wildman–Crippen MR) is 68.2 cm³/mol. The summed E-state index contributed by atoms with van der Waals surface area (Å²) in [6.07, 6.45) is 0. The summed E-state index contributed by atoms with van der Waals surface area (Å²) >= 11 is 0. The van der Waals surface area contributed by atoms with E-state index >= 15 is 0 Å². The van der Waals surface area contributed by atoms with Crippen molar-refractivity contribution in [3.8, 4) is 0 Å². The SMILES string of the molecule is NC(=O)c1cc(F)cc(NC(=O)c2ccc([N+](=O)[O-])o2)c1. The van der Waals surface area contributed by atoms with Gasteiger partial charge in [0.1, 0.15) is 10.7 Å². The lowest BCUT2D eigenvalue weighted by Gasteiger charge is -2.05. The smallest absolute Gasteiger partial charge is 0.395 e. The number of amides is 2. The van der Waals surface area contributed by atoms with Crippen LogP contribution in [0, 0.1) is 15.9 Å². The Hall–Kier alpha value is -3.23. The molecule has 3 N–H and O–H groups in total. The summed E-state index contributed by atoms with van der Waals surface area (Å²) in [5.41, 5.74) is 4.85. The topological polar surface area (TPSA) is 128 Å². The summed E-state index contributed by atoms with van der Waals surface area (Å²) in [5.74, 6) is -3.39. The Kier molecular flexibility index (Phi) is 3.65. The molecule has 2 aromatic rings. The largest absolute Gasteiger partial charge is 0.433 e. The van der Waals surface area contributed by atoms with E-state index in [2.05, 4.69) is 5.32 Å². The molecule has 108 valence electrons. The van der Waals surface area contributed by atoms with Gasteiger partial charge in [0, 0.05) is 11.3 Å². The summed E-state index contributed by atoms with van der Waals surface area (Å²) in [4.78, 5) is 32.4. The third kappa shape index (κ3) is 3.21. The van der Waals surface area contributed by atoms with Crippen LogP contribution >= 0.6 is 0 Å². The molecule has 0 aliphatic rings. The summed E-state index contributed by atoms with van der Waals surface area (Å²) in [6, 6.07) is 5.15. The zero-order valence-electron chi connectivity index (χ0n) is 10.3. The van der Waals surface area contributed by atoms with Gasteiger partial charge in [0.25, 0.3) is 5.91 Å². The molecule has 0 saturated carbocycles. The van der Waals surface area contributed by atoms with Gasteiger partial charge in [-0.2, -0.15) is 0 Å². The number of furan rings is 1. The van der Waals surface area contributed by atoms with Crippen molar-refractivity contribution >= 4 is 23.4 Å². The molecule has 8 nitrogen and oxygen atoms in total. The van der Waals surface area contributed by atoms with E-state index in [0.29, 0.717) is 0 Å². The van der Waals surface area contributed by atoms with E-state index in [0.717, 1.165) is 24.3 Å². The molecular formula is C12H8FN3O5. The Morgan fingerprint density at radius 2 is 2.00 bits per heavy atom. The normalized spacial score (nSPS) is 10.1. The molecule has 2 rings (SSSR count). The molecule has 0 aliphatic carbocycles. The number of benzene rings is 1. The lowest BCUT2D eigenvalue weighted by Crippen LogP contribution is -2.14. The number of carbonyl (C=O) groups excluding carboxylic acids is 2. The van der Waals surface area contributed by atoms with Gasteiger partial charge in [-0.1, -0.05) is 0 Å². The second kappa shape index (κ2) is 5.41. The predicted octanol–water partition coefficient (Wildman–Crippen LogP) is 1.68. The Morgan fingerprint density at radius 1 is 1.29 bits per heavy atom. The van der Waals surface area contributed by atoms with Crippen LogP contribution in [-0.4, -0.2) is 16.7 Å². The van der Waals surface area contributed by atoms with Crippen molar-refractivity contribution < 1.29 is 23.3 Å². The second-order valence-corrected chi connectivity index (χ2v) is 3.94. The van der Waals surface area contributed by atoms with Crippen molar-refractivity contribution in [3.63, 3.8) is 0 Å². The lowest BCUT2D eigenvalue weighted by molar-refractivity contribution is -0.402. The van der Waals surface area contributed by atoms with Crippen molar-refractivity contribution in [2.45, 2.75) is 0 Å². The van der Waals surface area contributed by atoms with Gasteiger partial charge in [-0.15, -0.1) is 0 Å². The van der Waals surface area contributed by atoms with Crippen LogP contribution in [0.4, 0.5) is 16.0 Å². The maximum Gasteiger partial charge on any atom is 0.433 e. The van der Waals surface area contributed by atoms with E-state index in [-0.39, 0.29) is 17.0 Å². The third-order valence-corrected chi connectivity index (χ3v) is 2.44. The average Bonchev–Trinajstić information content (AvgIpc) is 2.87. The lowest BCUT2D eigenvalue weighted by atomic mass is 10.2. The van der Waals surface area contributed by atoms with Crippen molar-refractivity contribution in [1.82, 2.24) is 0 Å². The summed E-state index contributed by atoms with van der Waals surface area (Å²) in [6.45, 7) is 0. The summed E-state index contributed by atoms with van der Waals surface area (Å²) in [5, 5.41) is 12.7. The van der Waals surface area contributed by atoms with Gasteiger partial charge >= 0.3 is 5.88 Å². The van der Waals surface area contributed by atoms with Crippen LogP contribution in [-0.2, 0) is 0 Å². The third-order valence-electron chi connectivity index (χ3n) is 2.44. The first-order chi connectivity index (χ1) is 9.86. The van der Waals surface area contributed by atoms with Gasteiger partial charge in [0.2, 0.25) is 5.91 Å². The standard InChI is InChI=1S/C12H8FN3O5/c13-7-3-6(11(14)17)4-8(5-7)15-12(18)9-1-2-10(21-9)16(19)20/h1-5H,(H2,14,17)(H,15,18). The Morgan fingerprint density at radius 3 is 2.57 bits per heavy atom. The molecule has 0 bridgehead atoms. The number of nitrogens with one attached hydrogen (secondary N) is 1. The fourth-order valence-electron chi connectivity index (χ4n) is 1.54. The zero-order chi connectivity index (χ0) is 15.6. The Labute approximate surface area is 116 Å². The van der Waals surface area contributed by atoms with Crippen molar-refractivity contribution in [2.24, 2.45) is 5.73 Å². The number of anilines is 1. The Balaban J connectivity index is 2.22. The highest BCUT2D eigenvalue weighted by Gasteiger charge is 2.18. The fraction of sp³-hybridized carbons (Fsp3) is 0. The maximum atomic E-state index is 13.3. The number of nitrogens with two attached hydrogens (primary N) is 1. The van der Waals surface area contributed by atoms with Crippen LogP contribution in [0.15, 0.2) is 34.7 Å². The monoisotopic (exact) mass is 293 g/mol. The van der Waals surface area contributed by atoms with Gasteiger partial charge in [-0.25, -0.2) is 4.39 Å². The van der Waals surface area contributed by atoms with E-state index < -0.39 is 28.4 Å². The first kappa shape index (κ1) is 14.2. The number of nitro groups is 1. The van der Waals surface area contributed by atoms with Gasteiger partial charge < -0.3 is 15.5 Å². The van der Waals surface area contributed by atoms with E-state index in [1.165, 1.54) is 6.07 Å². The molecule has 1 aromatic heterocycles. The molecule has 0 fully saturated rings. The number of halogens is 1. The highest BCUT2D eigenvalue weighted by atomic mass is 19.1. The van der Waals surface area contributed by atoms with Crippen LogP contribution in [0.5, 0.6) is 0 Å². The molecule has 0 unspecified atom stereocenters. The minimum atomic E-state index is -0.862. The molecule has 9 heteroatoms. The molecule has 0 spiro atoms. The quantitative estimate of drug-likeness (QED) is 0.654. The first-order valence-electron chi connectivity index (χ1n) is 5.53. The highest BCUT2D eigenvalue weighted by Crippen LogP contribution is 2.18. The van der Waals surface area contributed by atoms with Gasteiger partial charge in [-0.3, -0.25) is 19.7 Å². The van der Waals surface area contributed by atoms with E-state index in [9.17, 15) is 24.1 Å². The number of hydrogen-bond donors (Lipinski definition) is 2.